The van der Waals surface area contributed by atoms with Gasteiger partial charge < -0.3 is 10.1 Å². The molecule has 1 aromatic rings. The van der Waals surface area contributed by atoms with E-state index >= 15 is 0 Å². The molecule has 0 saturated carbocycles. The van der Waals surface area contributed by atoms with Gasteiger partial charge in [0.15, 0.2) is 0 Å². The summed E-state index contributed by atoms with van der Waals surface area (Å²) in [5.74, 6) is -0.157. The van der Waals surface area contributed by atoms with Crippen LogP contribution >= 0.6 is 0 Å². The van der Waals surface area contributed by atoms with Crippen LogP contribution in [0.15, 0.2) is 24.3 Å². The summed E-state index contributed by atoms with van der Waals surface area (Å²) in [5, 5.41) is 3.54. The minimum Gasteiger partial charge on any atom is -0.380 e. The van der Waals surface area contributed by atoms with E-state index in [1.807, 2.05) is 6.07 Å². The van der Waals surface area contributed by atoms with E-state index in [4.69, 9.17) is 4.74 Å². The van der Waals surface area contributed by atoms with Crippen molar-refractivity contribution in [3.05, 3.63) is 35.6 Å². The molecular weight excluding hydrogens is 217 g/mol. The molecule has 2 unspecified atom stereocenters. The topological polar surface area (TPSA) is 21.3 Å². The van der Waals surface area contributed by atoms with Crippen molar-refractivity contribution in [2.24, 2.45) is 0 Å². The van der Waals surface area contributed by atoms with E-state index in [1.54, 1.807) is 12.1 Å². The zero-order chi connectivity index (χ0) is 12.1. The van der Waals surface area contributed by atoms with Gasteiger partial charge in [0.2, 0.25) is 0 Å². The van der Waals surface area contributed by atoms with Gasteiger partial charge in [-0.05, 0) is 43.9 Å². The molecule has 2 nitrogen and oxygen atoms in total. The molecule has 0 bridgehead atoms. The van der Waals surface area contributed by atoms with Crippen LogP contribution < -0.4 is 5.32 Å². The van der Waals surface area contributed by atoms with Gasteiger partial charge in [-0.1, -0.05) is 12.1 Å². The van der Waals surface area contributed by atoms with Crippen LogP contribution in [-0.4, -0.2) is 25.3 Å². The third-order valence-corrected chi connectivity index (χ3v) is 3.11. The number of benzene rings is 1. The molecule has 3 heteroatoms. The van der Waals surface area contributed by atoms with Crippen molar-refractivity contribution in [1.82, 2.24) is 5.32 Å². The van der Waals surface area contributed by atoms with Crippen molar-refractivity contribution in [1.29, 1.82) is 0 Å². The lowest BCUT2D eigenvalue weighted by molar-refractivity contribution is 0.0671. The van der Waals surface area contributed by atoms with Crippen LogP contribution in [0.1, 0.15) is 25.3 Å². The number of nitrogens with one attached hydrogen (secondary N) is 1. The molecule has 2 atom stereocenters. The summed E-state index contributed by atoms with van der Waals surface area (Å²) in [7, 11) is 0. The lowest BCUT2D eigenvalue weighted by atomic mass is 10.0. The molecule has 0 radical (unpaired) electrons. The first-order chi connectivity index (χ1) is 8.24. The molecule has 0 aliphatic carbocycles. The smallest absolute Gasteiger partial charge is 0.123 e. The highest BCUT2D eigenvalue weighted by Gasteiger charge is 2.15. The molecule has 1 aliphatic heterocycles. The summed E-state index contributed by atoms with van der Waals surface area (Å²) in [6, 6.07) is 7.63. The van der Waals surface area contributed by atoms with E-state index in [9.17, 15) is 4.39 Å². The quantitative estimate of drug-likeness (QED) is 0.869. The fraction of sp³-hybridized carbons (Fsp3) is 0.571. The van der Waals surface area contributed by atoms with Crippen LogP contribution in [0.25, 0.3) is 0 Å². The SMILES string of the molecule is CC(Cc1cccc(F)c1)NC1CCCOC1. The van der Waals surface area contributed by atoms with Crippen molar-refractivity contribution < 1.29 is 9.13 Å². The maximum Gasteiger partial charge on any atom is 0.123 e. The molecule has 17 heavy (non-hydrogen) atoms. The van der Waals surface area contributed by atoms with Crippen molar-refractivity contribution >= 4 is 0 Å². The molecular formula is C14H20FNO. The highest BCUT2D eigenvalue weighted by atomic mass is 19.1. The van der Waals surface area contributed by atoms with Crippen LogP contribution in [0.2, 0.25) is 0 Å². The molecule has 0 spiro atoms. The van der Waals surface area contributed by atoms with Gasteiger partial charge >= 0.3 is 0 Å². The molecule has 1 aromatic carbocycles. The van der Waals surface area contributed by atoms with Crippen LogP contribution in [0, 0.1) is 5.82 Å². The van der Waals surface area contributed by atoms with Gasteiger partial charge in [0.1, 0.15) is 5.82 Å². The third-order valence-electron chi connectivity index (χ3n) is 3.11. The molecule has 1 aliphatic rings. The van der Waals surface area contributed by atoms with Gasteiger partial charge in [-0.3, -0.25) is 0 Å². The Labute approximate surface area is 102 Å². The monoisotopic (exact) mass is 237 g/mol. The fourth-order valence-corrected chi connectivity index (χ4v) is 2.35. The van der Waals surface area contributed by atoms with Crippen LogP contribution in [0.5, 0.6) is 0 Å². The lowest BCUT2D eigenvalue weighted by Crippen LogP contribution is -2.42. The van der Waals surface area contributed by atoms with E-state index in [2.05, 4.69) is 12.2 Å². The summed E-state index contributed by atoms with van der Waals surface area (Å²) in [4.78, 5) is 0. The van der Waals surface area contributed by atoms with E-state index in [0.717, 1.165) is 31.6 Å². The van der Waals surface area contributed by atoms with Gasteiger partial charge in [0.25, 0.3) is 0 Å². The molecule has 1 N–H and O–H groups in total. The second-order valence-corrected chi connectivity index (χ2v) is 4.82. The summed E-state index contributed by atoms with van der Waals surface area (Å²) in [5.41, 5.74) is 1.04. The van der Waals surface area contributed by atoms with E-state index in [1.165, 1.54) is 12.5 Å². The number of hydrogen-bond donors (Lipinski definition) is 1. The standard InChI is InChI=1S/C14H20FNO/c1-11(16-14-6-3-7-17-10-14)8-12-4-2-5-13(15)9-12/h2,4-5,9,11,14,16H,3,6-8,10H2,1H3. The van der Waals surface area contributed by atoms with Crippen molar-refractivity contribution in [3.8, 4) is 0 Å². The molecule has 2 rings (SSSR count). The zero-order valence-electron chi connectivity index (χ0n) is 10.3. The summed E-state index contributed by atoms with van der Waals surface area (Å²) >= 11 is 0. The predicted octanol–water partition coefficient (Wildman–Crippen LogP) is 2.53. The highest BCUT2D eigenvalue weighted by Crippen LogP contribution is 2.10. The maximum absolute atomic E-state index is 13.0. The second-order valence-electron chi connectivity index (χ2n) is 4.82. The average molecular weight is 237 g/mol. The Kier molecular flexibility index (Phi) is 4.51. The van der Waals surface area contributed by atoms with E-state index in [0.29, 0.717) is 12.1 Å². The predicted molar refractivity (Wildman–Crippen MR) is 66.5 cm³/mol. The first kappa shape index (κ1) is 12.5. The van der Waals surface area contributed by atoms with Gasteiger partial charge in [-0.25, -0.2) is 4.39 Å². The van der Waals surface area contributed by atoms with Crippen molar-refractivity contribution in [3.63, 3.8) is 0 Å². The first-order valence-electron chi connectivity index (χ1n) is 6.32. The van der Waals surface area contributed by atoms with E-state index in [-0.39, 0.29) is 5.82 Å². The Morgan fingerprint density at radius 1 is 1.53 bits per heavy atom. The van der Waals surface area contributed by atoms with Crippen LogP contribution in [-0.2, 0) is 11.2 Å². The van der Waals surface area contributed by atoms with E-state index < -0.39 is 0 Å². The van der Waals surface area contributed by atoms with Gasteiger partial charge in [0.05, 0.1) is 6.61 Å². The Morgan fingerprint density at radius 2 is 2.41 bits per heavy atom. The molecule has 0 aromatic heterocycles. The fourth-order valence-electron chi connectivity index (χ4n) is 2.35. The first-order valence-corrected chi connectivity index (χ1v) is 6.32. The highest BCUT2D eigenvalue weighted by molar-refractivity contribution is 5.17. The number of rotatable bonds is 4. The molecule has 1 saturated heterocycles. The Balaban J connectivity index is 1.82. The minimum absolute atomic E-state index is 0.157. The van der Waals surface area contributed by atoms with Crippen LogP contribution in [0.4, 0.5) is 4.39 Å². The number of halogens is 1. The molecule has 1 heterocycles. The molecule has 94 valence electrons. The Morgan fingerprint density at radius 3 is 3.12 bits per heavy atom. The largest absolute Gasteiger partial charge is 0.380 e. The second kappa shape index (κ2) is 6.12. The zero-order valence-corrected chi connectivity index (χ0v) is 10.3. The summed E-state index contributed by atoms with van der Waals surface area (Å²) in [6.07, 6.45) is 3.16. The van der Waals surface area contributed by atoms with Gasteiger partial charge in [-0.15, -0.1) is 0 Å². The van der Waals surface area contributed by atoms with Crippen molar-refractivity contribution in [2.45, 2.75) is 38.3 Å². The normalized spacial score (nSPS) is 22.4. The van der Waals surface area contributed by atoms with Gasteiger partial charge in [-0.2, -0.15) is 0 Å². The number of ether oxygens (including phenoxy) is 1. The lowest BCUT2D eigenvalue weighted by Gasteiger charge is -2.26. The summed E-state index contributed by atoms with van der Waals surface area (Å²) in [6.45, 7) is 3.82. The van der Waals surface area contributed by atoms with Crippen molar-refractivity contribution in [2.75, 3.05) is 13.2 Å². The van der Waals surface area contributed by atoms with Crippen LogP contribution in [0.3, 0.4) is 0 Å². The Bertz CT molecular complexity index is 350. The third kappa shape index (κ3) is 4.10. The number of hydrogen-bond acceptors (Lipinski definition) is 2. The molecule has 0 amide bonds. The molecule has 1 fully saturated rings. The summed E-state index contributed by atoms with van der Waals surface area (Å²) < 4.78 is 18.5. The average Bonchev–Trinajstić information content (AvgIpc) is 2.30. The Hall–Kier alpha value is -0.930. The minimum atomic E-state index is -0.157. The van der Waals surface area contributed by atoms with Gasteiger partial charge in [0, 0.05) is 18.7 Å². The maximum atomic E-state index is 13.0.